The molecule has 3 atom stereocenters. The summed E-state index contributed by atoms with van der Waals surface area (Å²) in [6, 6.07) is 3.95. The van der Waals surface area contributed by atoms with Gasteiger partial charge in [-0.05, 0) is 53.2 Å². The van der Waals surface area contributed by atoms with Gasteiger partial charge in [0.1, 0.15) is 5.82 Å². The van der Waals surface area contributed by atoms with E-state index < -0.39 is 0 Å². The van der Waals surface area contributed by atoms with Gasteiger partial charge in [-0.3, -0.25) is 9.48 Å². The molecule has 3 N–H and O–H groups in total. The second kappa shape index (κ2) is 5.58. The SMILES string of the molecule is Cn1nccc1C12CCC(C1)C2C(=O)NCc1cc(Br)cnc1N. The fourth-order valence-corrected chi connectivity index (χ4v) is 5.00. The minimum atomic E-state index is -0.0406. The Bertz CT molecular complexity index is 800. The number of nitrogen functional groups attached to an aromatic ring is 1. The number of rotatable bonds is 4. The number of aryl methyl sites for hydroxylation is 1. The number of carbonyl (C=O) groups is 1. The lowest BCUT2D eigenvalue weighted by atomic mass is 9.58. The van der Waals surface area contributed by atoms with Gasteiger partial charge in [0.2, 0.25) is 5.91 Å². The molecule has 3 unspecified atom stereocenters. The molecule has 2 aromatic rings. The number of hydrogen-bond donors (Lipinski definition) is 2. The fraction of sp³-hybridized carbons (Fsp3) is 0.471. The predicted octanol–water partition coefficient (Wildman–Crippen LogP) is 2.14. The maximum Gasteiger partial charge on any atom is 0.224 e. The summed E-state index contributed by atoms with van der Waals surface area (Å²) < 4.78 is 2.77. The minimum Gasteiger partial charge on any atom is -0.383 e. The molecule has 5 rings (SSSR count). The number of aromatic nitrogens is 3. The third kappa shape index (κ3) is 2.25. The molecule has 24 heavy (non-hydrogen) atoms. The predicted molar refractivity (Wildman–Crippen MR) is 93.9 cm³/mol. The fourth-order valence-electron chi connectivity index (χ4n) is 4.62. The number of anilines is 1. The smallest absolute Gasteiger partial charge is 0.224 e. The lowest BCUT2D eigenvalue weighted by Crippen LogP contribution is -2.53. The lowest BCUT2D eigenvalue weighted by molar-refractivity contribution is -0.133. The molecule has 2 bridgehead atoms. The highest BCUT2D eigenvalue weighted by Crippen LogP contribution is 2.63. The second-order valence-corrected chi connectivity index (χ2v) is 7.81. The van der Waals surface area contributed by atoms with Gasteiger partial charge in [-0.2, -0.15) is 5.10 Å². The molecule has 3 aliphatic carbocycles. The van der Waals surface area contributed by atoms with Gasteiger partial charge in [0.25, 0.3) is 0 Å². The van der Waals surface area contributed by atoms with Gasteiger partial charge in [0.05, 0.1) is 5.92 Å². The molecule has 0 aromatic carbocycles. The van der Waals surface area contributed by atoms with Gasteiger partial charge < -0.3 is 11.1 Å². The number of pyridine rings is 1. The lowest BCUT2D eigenvalue weighted by Gasteiger charge is -2.46. The van der Waals surface area contributed by atoms with Crippen molar-refractivity contribution < 1.29 is 4.79 Å². The monoisotopic (exact) mass is 389 g/mol. The van der Waals surface area contributed by atoms with E-state index in [1.165, 1.54) is 5.69 Å². The molecule has 0 saturated heterocycles. The van der Waals surface area contributed by atoms with Crippen LogP contribution in [0.2, 0.25) is 0 Å². The van der Waals surface area contributed by atoms with Gasteiger partial charge in [-0.25, -0.2) is 4.98 Å². The Labute approximate surface area is 149 Å². The van der Waals surface area contributed by atoms with Crippen LogP contribution < -0.4 is 11.1 Å². The van der Waals surface area contributed by atoms with Gasteiger partial charge in [-0.1, -0.05) is 0 Å². The summed E-state index contributed by atoms with van der Waals surface area (Å²) in [5.41, 5.74) is 7.87. The summed E-state index contributed by atoms with van der Waals surface area (Å²) in [5, 5.41) is 7.36. The van der Waals surface area contributed by atoms with E-state index in [1.807, 2.05) is 24.0 Å². The molecule has 3 fully saturated rings. The molecular weight excluding hydrogens is 370 g/mol. The van der Waals surface area contributed by atoms with Crippen LogP contribution in [-0.4, -0.2) is 20.7 Å². The minimum absolute atomic E-state index is 0.0363. The normalized spacial score (nSPS) is 27.8. The number of nitrogens with one attached hydrogen (secondary N) is 1. The molecule has 126 valence electrons. The molecule has 0 radical (unpaired) electrons. The van der Waals surface area contributed by atoms with Gasteiger partial charge in [0.15, 0.2) is 0 Å². The van der Waals surface area contributed by atoms with Crippen LogP contribution in [0.15, 0.2) is 29.0 Å². The molecule has 3 saturated carbocycles. The summed E-state index contributed by atoms with van der Waals surface area (Å²) in [4.78, 5) is 17.0. The molecule has 1 amide bonds. The van der Waals surface area contributed by atoms with Gasteiger partial charge >= 0.3 is 0 Å². The van der Waals surface area contributed by atoms with Crippen LogP contribution in [-0.2, 0) is 23.8 Å². The first kappa shape index (κ1) is 15.6. The quantitative estimate of drug-likeness (QED) is 0.838. The topological polar surface area (TPSA) is 85.8 Å². The van der Waals surface area contributed by atoms with Crippen molar-refractivity contribution in [3.8, 4) is 0 Å². The highest BCUT2D eigenvalue weighted by molar-refractivity contribution is 9.10. The van der Waals surface area contributed by atoms with E-state index in [2.05, 4.69) is 37.4 Å². The Kier molecular flexibility index (Phi) is 3.63. The summed E-state index contributed by atoms with van der Waals surface area (Å²) in [6.45, 7) is 0.405. The van der Waals surface area contributed by atoms with Crippen LogP contribution in [0.3, 0.4) is 0 Å². The van der Waals surface area contributed by atoms with E-state index in [4.69, 9.17) is 5.73 Å². The molecule has 0 aliphatic heterocycles. The van der Waals surface area contributed by atoms with Crippen LogP contribution in [0.1, 0.15) is 30.5 Å². The van der Waals surface area contributed by atoms with Gasteiger partial charge in [-0.15, -0.1) is 0 Å². The Morgan fingerprint density at radius 1 is 1.58 bits per heavy atom. The Hall–Kier alpha value is -1.89. The number of fused-ring (bicyclic) bond motifs is 1. The number of carbonyl (C=O) groups excluding carboxylic acids is 1. The van der Waals surface area contributed by atoms with Crippen molar-refractivity contribution in [3.05, 3.63) is 40.3 Å². The maximum absolute atomic E-state index is 12.9. The third-order valence-electron chi connectivity index (χ3n) is 5.69. The number of hydrogen-bond acceptors (Lipinski definition) is 4. The van der Waals surface area contributed by atoms with E-state index in [0.717, 1.165) is 29.3 Å². The number of nitrogens with zero attached hydrogens (tertiary/aromatic N) is 3. The first-order valence-electron chi connectivity index (χ1n) is 8.17. The van der Waals surface area contributed by atoms with Crippen molar-refractivity contribution in [2.75, 3.05) is 5.73 Å². The standard InChI is InChI=1S/C17H20BrN5O/c1-23-13(3-5-22-23)17-4-2-10(7-17)14(17)16(24)21-8-11-6-12(18)9-20-15(11)19/h3,5-6,9-10,14H,2,4,7-8H2,1H3,(H2,19,20)(H,21,24). The Balaban J connectivity index is 1.51. The summed E-state index contributed by atoms with van der Waals surface area (Å²) >= 11 is 3.39. The summed E-state index contributed by atoms with van der Waals surface area (Å²) in [5.74, 6) is 1.09. The average molecular weight is 390 g/mol. The first-order chi connectivity index (χ1) is 11.5. The van der Waals surface area contributed by atoms with Crippen molar-refractivity contribution >= 4 is 27.7 Å². The zero-order valence-corrected chi connectivity index (χ0v) is 15.1. The highest BCUT2D eigenvalue weighted by atomic mass is 79.9. The molecule has 0 spiro atoms. The zero-order valence-electron chi connectivity index (χ0n) is 13.5. The van der Waals surface area contributed by atoms with Crippen LogP contribution in [0.4, 0.5) is 5.82 Å². The van der Waals surface area contributed by atoms with E-state index in [-0.39, 0.29) is 17.2 Å². The number of halogens is 1. The van der Waals surface area contributed by atoms with Crippen LogP contribution in [0.25, 0.3) is 0 Å². The maximum atomic E-state index is 12.9. The van der Waals surface area contributed by atoms with E-state index in [0.29, 0.717) is 18.3 Å². The summed E-state index contributed by atoms with van der Waals surface area (Å²) in [7, 11) is 1.96. The van der Waals surface area contributed by atoms with Crippen LogP contribution >= 0.6 is 15.9 Å². The van der Waals surface area contributed by atoms with Crippen molar-refractivity contribution in [3.63, 3.8) is 0 Å². The highest BCUT2D eigenvalue weighted by Gasteiger charge is 2.63. The number of amides is 1. The first-order valence-corrected chi connectivity index (χ1v) is 8.97. The Morgan fingerprint density at radius 2 is 2.42 bits per heavy atom. The van der Waals surface area contributed by atoms with Crippen molar-refractivity contribution in [2.24, 2.45) is 18.9 Å². The second-order valence-electron chi connectivity index (χ2n) is 6.89. The van der Waals surface area contributed by atoms with E-state index in [1.54, 1.807) is 6.20 Å². The van der Waals surface area contributed by atoms with E-state index >= 15 is 0 Å². The molecule has 6 nitrogen and oxygen atoms in total. The Morgan fingerprint density at radius 3 is 3.12 bits per heavy atom. The van der Waals surface area contributed by atoms with E-state index in [9.17, 15) is 4.79 Å². The van der Waals surface area contributed by atoms with Crippen LogP contribution in [0, 0.1) is 11.8 Å². The molecule has 7 heteroatoms. The van der Waals surface area contributed by atoms with Gasteiger partial charge in [0, 0.05) is 47.1 Å². The van der Waals surface area contributed by atoms with Crippen molar-refractivity contribution in [2.45, 2.75) is 31.2 Å². The molecule has 2 heterocycles. The molecular formula is C17H20BrN5O. The number of nitrogens with two attached hydrogens (primary N) is 1. The van der Waals surface area contributed by atoms with Crippen LogP contribution in [0.5, 0.6) is 0 Å². The molecule has 2 aromatic heterocycles. The third-order valence-corrected chi connectivity index (χ3v) is 6.12. The zero-order chi connectivity index (χ0) is 16.9. The largest absolute Gasteiger partial charge is 0.383 e. The van der Waals surface area contributed by atoms with Crippen molar-refractivity contribution in [1.29, 1.82) is 0 Å². The average Bonchev–Trinajstić information content (AvgIpc) is 3.22. The molecule has 3 aliphatic rings. The summed E-state index contributed by atoms with van der Waals surface area (Å²) in [6.07, 6.45) is 6.74. The van der Waals surface area contributed by atoms with Crippen molar-refractivity contribution in [1.82, 2.24) is 20.1 Å².